The van der Waals surface area contributed by atoms with Gasteiger partial charge in [-0.15, -0.1) is 0 Å². The largest absolute Gasteiger partial charge is 0.417 e. The summed E-state index contributed by atoms with van der Waals surface area (Å²) in [6.45, 7) is 4.85. The lowest BCUT2D eigenvalue weighted by atomic mass is 9.83. The Kier molecular flexibility index (Phi) is 6.62. The number of amides is 2. The van der Waals surface area contributed by atoms with Crippen LogP contribution in [0.5, 0.6) is 0 Å². The van der Waals surface area contributed by atoms with Crippen molar-refractivity contribution in [2.24, 2.45) is 5.92 Å². The number of benzene rings is 2. The Morgan fingerprint density at radius 2 is 1.83 bits per heavy atom. The van der Waals surface area contributed by atoms with Crippen molar-refractivity contribution >= 4 is 17.8 Å². The monoisotopic (exact) mass is 486 g/mol. The van der Waals surface area contributed by atoms with Crippen molar-refractivity contribution in [2.75, 3.05) is 13.1 Å². The average molecular weight is 487 g/mol. The number of halogens is 3. The third-order valence-electron chi connectivity index (χ3n) is 6.68. The van der Waals surface area contributed by atoms with E-state index in [-0.39, 0.29) is 18.4 Å². The second-order valence-electron chi connectivity index (χ2n) is 9.59. The highest BCUT2D eigenvalue weighted by molar-refractivity contribution is 6.08. The van der Waals surface area contributed by atoms with Crippen molar-refractivity contribution in [3.63, 3.8) is 0 Å². The molecule has 2 amide bonds. The SMILES string of the molecule is CC(C)CCC1(c2ccccc2)NC(=N)N(Cc2ccc(C(F)(F)F)c(C(=O)N3CCC3)c2)C1=O. The van der Waals surface area contributed by atoms with Gasteiger partial charge < -0.3 is 10.2 Å². The molecule has 1 unspecified atom stereocenters. The summed E-state index contributed by atoms with van der Waals surface area (Å²) in [5.74, 6) is -0.775. The summed E-state index contributed by atoms with van der Waals surface area (Å²) in [5.41, 5.74) is -1.44. The molecule has 2 aliphatic rings. The molecule has 35 heavy (non-hydrogen) atoms. The molecule has 2 aliphatic heterocycles. The minimum absolute atomic E-state index is 0.112. The molecular formula is C26H29F3N4O2. The molecule has 4 rings (SSSR count). The molecule has 1 atom stereocenters. The van der Waals surface area contributed by atoms with Crippen molar-refractivity contribution in [1.29, 1.82) is 5.41 Å². The first-order chi connectivity index (χ1) is 16.5. The summed E-state index contributed by atoms with van der Waals surface area (Å²) in [6, 6.07) is 12.6. The highest BCUT2D eigenvalue weighted by Crippen LogP contribution is 2.37. The van der Waals surface area contributed by atoms with Crippen LogP contribution in [0.2, 0.25) is 0 Å². The van der Waals surface area contributed by atoms with Gasteiger partial charge in [-0.2, -0.15) is 13.2 Å². The molecule has 2 N–H and O–H groups in total. The van der Waals surface area contributed by atoms with E-state index in [2.05, 4.69) is 19.2 Å². The maximum atomic E-state index is 13.7. The van der Waals surface area contributed by atoms with E-state index in [0.29, 0.717) is 31.0 Å². The molecule has 0 aliphatic carbocycles. The molecule has 186 valence electrons. The number of carbonyl (C=O) groups excluding carboxylic acids is 2. The molecule has 0 saturated carbocycles. The lowest BCUT2D eigenvalue weighted by Crippen LogP contribution is -2.44. The summed E-state index contributed by atoms with van der Waals surface area (Å²) < 4.78 is 40.8. The second kappa shape index (κ2) is 9.36. The van der Waals surface area contributed by atoms with Crippen LogP contribution >= 0.6 is 0 Å². The van der Waals surface area contributed by atoms with Crippen molar-refractivity contribution < 1.29 is 22.8 Å². The highest BCUT2D eigenvalue weighted by Gasteiger charge is 2.50. The van der Waals surface area contributed by atoms with Gasteiger partial charge in [0.2, 0.25) is 0 Å². The molecule has 2 aromatic carbocycles. The predicted molar refractivity (Wildman–Crippen MR) is 126 cm³/mol. The number of hydrogen-bond acceptors (Lipinski definition) is 3. The Hall–Kier alpha value is -3.36. The zero-order valence-corrected chi connectivity index (χ0v) is 19.8. The summed E-state index contributed by atoms with van der Waals surface area (Å²) in [5, 5.41) is 11.6. The van der Waals surface area contributed by atoms with Crippen molar-refractivity contribution in [3.05, 3.63) is 70.8 Å². The number of likely N-dealkylation sites (tertiary alicyclic amines) is 1. The van der Waals surface area contributed by atoms with E-state index >= 15 is 0 Å². The van der Waals surface area contributed by atoms with Gasteiger partial charge in [0.1, 0.15) is 5.54 Å². The minimum atomic E-state index is -4.68. The maximum absolute atomic E-state index is 13.7. The van der Waals surface area contributed by atoms with E-state index < -0.39 is 28.7 Å². The quantitative estimate of drug-likeness (QED) is 0.593. The molecule has 0 radical (unpaired) electrons. The van der Waals surface area contributed by atoms with E-state index in [1.807, 2.05) is 30.3 Å². The molecule has 2 heterocycles. The molecule has 2 fully saturated rings. The molecule has 9 heteroatoms. The van der Waals surface area contributed by atoms with Gasteiger partial charge in [0.05, 0.1) is 17.7 Å². The summed E-state index contributed by atoms with van der Waals surface area (Å²) in [6.07, 6.45) is -2.71. The molecular weight excluding hydrogens is 457 g/mol. The lowest BCUT2D eigenvalue weighted by molar-refractivity contribution is -0.138. The van der Waals surface area contributed by atoms with Crippen LogP contribution in [0.1, 0.15) is 60.2 Å². The number of guanidine groups is 1. The van der Waals surface area contributed by atoms with Crippen LogP contribution in [0.3, 0.4) is 0 Å². The Labute approximate surface area is 202 Å². The van der Waals surface area contributed by atoms with Crippen LogP contribution in [0.25, 0.3) is 0 Å². The zero-order chi connectivity index (χ0) is 25.4. The third kappa shape index (κ3) is 4.76. The first-order valence-electron chi connectivity index (χ1n) is 11.8. The van der Waals surface area contributed by atoms with Crippen LogP contribution in [-0.4, -0.2) is 40.7 Å². The Bertz CT molecular complexity index is 1130. The fourth-order valence-electron chi connectivity index (χ4n) is 4.53. The van der Waals surface area contributed by atoms with Crippen LogP contribution in [-0.2, 0) is 23.1 Å². The van der Waals surface area contributed by atoms with Crippen molar-refractivity contribution in [1.82, 2.24) is 15.1 Å². The Balaban J connectivity index is 1.66. The van der Waals surface area contributed by atoms with Crippen molar-refractivity contribution in [2.45, 2.75) is 51.4 Å². The fourth-order valence-corrected chi connectivity index (χ4v) is 4.53. The summed E-state index contributed by atoms with van der Waals surface area (Å²) >= 11 is 0. The van der Waals surface area contributed by atoms with Gasteiger partial charge >= 0.3 is 6.18 Å². The number of alkyl halides is 3. The minimum Gasteiger partial charge on any atom is -0.339 e. The lowest BCUT2D eigenvalue weighted by Gasteiger charge is -2.32. The molecule has 2 saturated heterocycles. The van der Waals surface area contributed by atoms with Crippen LogP contribution in [0.4, 0.5) is 13.2 Å². The first-order valence-corrected chi connectivity index (χ1v) is 11.8. The fraction of sp³-hybridized carbons (Fsp3) is 0.423. The van der Waals surface area contributed by atoms with Gasteiger partial charge in [-0.1, -0.05) is 50.2 Å². The number of rotatable bonds is 7. The molecule has 6 nitrogen and oxygen atoms in total. The van der Waals surface area contributed by atoms with Gasteiger partial charge in [-0.3, -0.25) is 19.9 Å². The van der Waals surface area contributed by atoms with E-state index in [1.54, 1.807) is 0 Å². The summed E-state index contributed by atoms with van der Waals surface area (Å²) in [7, 11) is 0. The number of carbonyl (C=O) groups is 2. The van der Waals surface area contributed by atoms with E-state index in [1.165, 1.54) is 21.9 Å². The maximum Gasteiger partial charge on any atom is 0.417 e. The molecule has 0 aromatic heterocycles. The zero-order valence-electron chi connectivity index (χ0n) is 19.8. The Morgan fingerprint density at radius 1 is 1.14 bits per heavy atom. The molecule has 2 aromatic rings. The van der Waals surface area contributed by atoms with Gasteiger partial charge in [0.25, 0.3) is 11.8 Å². The van der Waals surface area contributed by atoms with Gasteiger partial charge in [0, 0.05) is 13.1 Å². The van der Waals surface area contributed by atoms with E-state index in [9.17, 15) is 22.8 Å². The Morgan fingerprint density at radius 3 is 2.40 bits per heavy atom. The highest BCUT2D eigenvalue weighted by atomic mass is 19.4. The standard InChI is InChI=1S/C26H29F3N4O2/c1-17(2)11-12-25(19-7-4-3-5-8-19)23(35)33(24(30)31-25)16-18-9-10-21(26(27,28)29)20(15-18)22(34)32-13-6-14-32/h3-5,7-10,15,17H,6,11-14,16H2,1-2H3,(H2,30,31). The van der Waals surface area contributed by atoms with Crippen LogP contribution < -0.4 is 5.32 Å². The van der Waals surface area contributed by atoms with Gasteiger partial charge in [-0.25, -0.2) is 0 Å². The summed E-state index contributed by atoms with van der Waals surface area (Å²) in [4.78, 5) is 29.1. The second-order valence-corrected chi connectivity index (χ2v) is 9.59. The number of nitrogens with one attached hydrogen (secondary N) is 2. The normalized spacial score (nSPS) is 20.3. The first kappa shape index (κ1) is 24.8. The van der Waals surface area contributed by atoms with Gasteiger partial charge in [-0.05, 0) is 48.4 Å². The van der Waals surface area contributed by atoms with Crippen LogP contribution in [0.15, 0.2) is 48.5 Å². The van der Waals surface area contributed by atoms with E-state index in [4.69, 9.17) is 5.41 Å². The van der Waals surface area contributed by atoms with Crippen LogP contribution in [0, 0.1) is 11.3 Å². The predicted octanol–water partition coefficient (Wildman–Crippen LogP) is 4.75. The molecule has 0 bridgehead atoms. The van der Waals surface area contributed by atoms with Gasteiger partial charge in [0.15, 0.2) is 5.96 Å². The van der Waals surface area contributed by atoms with E-state index in [0.717, 1.165) is 24.5 Å². The topological polar surface area (TPSA) is 76.5 Å². The third-order valence-corrected chi connectivity index (χ3v) is 6.68. The number of hydrogen-bond donors (Lipinski definition) is 2. The number of nitrogens with zero attached hydrogens (tertiary/aromatic N) is 2. The smallest absolute Gasteiger partial charge is 0.339 e. The molecule has 0 spiro atoms. The van der Waals surface area contributed by atoms with Crippen molar-refractivity contribution in [3.8, 4) is 0 Å². The average Bonchev–Trinajstić information content (AvgIpc) is 3.01.